The number of nitrogens with zero attached hydrogens (tertiary/aromatic N) is 2. The third-order valence-electron chi connectivity index (χ3n) is 6.04. The molecule has 1 aliphatic carbocycles. The van der Waals surface area contributed by atoms with Crippen LogP contribution < -0.4 is 15.0 Å². The predicted molar refractivity (Wildman–Crippen MR) is 118 cm³/mol. The van der Waals surface area contributed by atoms with Gasteiger partial charge in [0.25, 0.3) is 5.91 Å². The molecule has 32 heavy (non-hydrogen) atoms. The largest absolute Gasteiger partial charge is 0.497 e. The summed E-state index contributed by atoms with van der Waals surface area (Å²) < 4.78 is 18.4. The van der Waals surface area contributed by atoms with Gasteiger partial charge in [-0.25, -0.2) is 14.1 Å². The summed E-state index contributed by atoms with van der Waals surface area (Å²) in [6.45, 7) is 0. The monoisotopic (exact) mass is 439 g/mol. The van der Waals surface area contributed by atoms with Gasteiger partial charge in [0.05, 0.1) is 19.2 Å². The molecule has 168 valence electrons. The fraction of sp³-hybridized carbons (Fsp3) is 0.375. The summed E-state index contributed by atoms with van der Waals surface area (Å²) in [4.78, 5) is 42.3. The fourth-order valence-corrected chi connectivity index (χ4v) is 4.47. The van der Waals surface area contributed by atoms with Crippen molar-refractivity contribution in [2.75, 3.05) is 17.3 Å². The van der Waals surface area contributed by atoms with Crippen LogP contribution in [0.3, 0.4) is 0 Å². The number of hydrogen-bond donors (Lipinski definition) is 1. The molecule has 7 nitrogen and oxygen atoms in total. The van der Waals surface area contributed by atoms with Crippen molar-refractivity contribution in [1.82, 2.24) is 4.90 Å². The highest BCUT2D eigenvalue weighted by Crippen LogP contribution is 2.34. The van der Waals surface area contributed by atoms with Gasteiger partial charge in [-0.05, 0) is 49.2 Å². The van der Waals surface area contributed by atoms with E-state index in [1.165, 1.54) is 31.4 Å². The SMILES string of the molecule is COc1cccc(N2C(=O)[C@@H](CC(=O)Nc3ccc(F)cc3)N(C3CCCCC3)C2=O)c1. The summed E-state index contributed by atoms with van der Waals surface area (Å²) in [5.74, 6) is -0.707. The van der Waals surface area contributed by atoms with Gasteiger partial charge < -0.3 is 15.0 Å². The maximum atomic E-state index is 13.4. The first-order chi connectivity index (χ1) is 15.5. The highest BCUT2D eigenvalue weighted by atomic mass is 19.1. The second-order valence-corrected chi connectivity index (χ2v) is 8.13. The third-order valence-corrected chi connectivity index (χ3v) is 6.04. The molecule has 1 N–H and O–H groups in total. The van der Waals surface area contributed by atoms with Crippen molar-refractivity contribution in [2.45, 2.75) is 50.6 Å². The van der Waals surface area contributed by atoms with Crippen LogP contribution >= 0.6 is 0 Å². The van der Waals surface area contributed by atoms with Crippen molar-refractivity contribution in [3.63, 3.8) is 0 Å². The molecule has 4 amide bonds. The topological polar surface area (TPSA) is 79.0 Å². The average Bonchev–Trinajstić information content (AvgIpc) is 3.05. The van der Waals surface area contributed by atoms with Crippen LogP contribution in [0.5, 0.6) is 5.75 Å². The Morgan fingerprint density at radius 1 is 1.09 bits per heavy atom. The molecule has 0 unspecified atom stereocenters. The maximum Gasteiger partial charge on any atom is 0.332 e. The maximum absolute atomic E-state index is 13.4. The van der Waals surface area contributed by atoms with E-state index in [2.05, 4.69) is 5.32 Å². The molecule has 1 heterocycles. The summed E-state index contributed by atoms with van der Waals surface area (Å²) in [6.07, 6.45) is 4.51. The first-order valence-electron chi connectivity index (χ1n) is 10.8. The van der Waals surface area contributed by atoms with Gasteiger partial charge >= 0.3 is 6.03 Å². The Bertz CT molecular complexity index is 1000. The Kier molecular flexibility index (Phi) is 6.39. The summed E-state index contributed by atoms with van der Waals surface area (Å²) in [5, 5.41) is 2.69. The van der Waals surface area contributed by atoms with Crippen molar-refractivity contribution in [1.29, 1.82) is 0 Å². The number of rotatable bonds is 6. The van der Waals surface area contributed by atoms with Crippen molar-refractivity contribution in [2.24, 2.45) is 0 Å². The number of hydrogen-bond acceptors (Lipinski definition) is 4. The van der Waals surface area contributed by atoms with Gasteiger partial charge in [0, 0.05) is 17.8 Å². The molecule has 0 aromatic heterocycles. The summed E-state index contributed by atoms with van der Waals surface area (Å²) in [5.41, 5.74) is 0.851. The van der Waals surface area contributed by atoms with E-state index in [0.29, 0.717) is 17.1 Å². The highest BCUT2D eigenvalue weighted by molar-refractivity contribution is 6.22. The Morgan fingerprint density at radius 2 is 1.81 bits per heavy atom. The number of nitrogens with one attached hydrogen (secondary N) is 1. The van der Waals surface area contributed by atoms with Crippen molar-refractivity contribution in [3.8, 4) is 5.75 Å². The highest BCUT2D eigenvalue weighted by Gasteiger charge is 2.49. The van der Waals surface area contributed by atoms with Crippen LogP contribution in [-0.2, 0) is 9.59 Å². The molecule has 2 aromatic carbocycles. The van der Waals surface area contributed by atoms with Crippen molar-refractivity contribution >= 4 is 29.2 Å². The van der Waals surface area contributed by atoms with E-state index in [1.807, 2.05) is 0 Å². The lowest BCUT2D eigenvalue weighted by atomic mass is 9.93. The number of carbonyl (C=O) groups excluding carboxylic acids is 3. The molecule has 2 fully saturated rings. The van der Waals surface area contributed by atoms with E-state index >= 15 is 0 Å². The van der Waals surface area contributed by atoms with Crippen LogP contribution in [0.2, 0.25) is 0 Å². The van der Waals surface area contributed by atoms with Crippen LogP contribution in [0, 0.1) is 5.82 Å². The standard InChI is InChI=1S/C24H26FN3O4/c1-32-20-9-5-8-19(14-20)28-23(30)21(27(24(28)31)18-6-3-2-4-7-18)15-22(29)26-17-12-10-16(25)11-13-17/h5,8-14,18,21H,2-4,6-7,15H2,1H3,(H,26,29)/t21-/m1/s1. The van der Waals surface area contributed by atoms with Crippen LogP contribution in [-0.4, -0.2) is 41.9 Å². The molecule has 2 aromatic rings. The first-order valence-corrected chi connectivity index (χ1v) is 10.8. The first kappa shape index (κ1) is 21.8. The van der Waals surface area contributed by atoms with E-state index in [4.69, 9.17) is 4.74 Å². The third kappa shape index (κ3) is 4.44. The molecule has 0 spiro atoms. The van der Waals surface area contributed by atoms with Gasteiger partial charge in [0.1, 0.15) is 17.6 Å². The average molecular weight is 439 g/mol. The number of halogens is 1. The lowest BCUT2D eigenvalue weighted by Gasteiger charge is -2.33. The molecule has 1 atom stereocenters. The number of imide groups is 1. The molecule has 1 saturated carbocycles. The van der Waals surface area contributed by atoms with Gasteiger partial charge in [-0.1, -0.05) is 25.3 Å². The van der Waals surface area contributed by atoms with Gasteiger partial charge in [-0.3, -0.25) is 9.59 Å². The predicted octanol–water partition coefficient (Wildman–Crippen LogP) is 4.33. The molecule has 1 aliphatic heterocycles. The van der Waals surface area contributed by atoms with Crippen LogP contribution in [0.4, 0.5) is 20.6 Å². The smallest absolute Gasteiger partial charge is 0.332 e. The van der Waals surface area contributed by atoms with Gasteiger partial charge in [0.15, 0.2) is 0 Å². The van der Waals surface area contributed by atoms with E-state index in [1.54, 1.807) is 29.2 Å². The number of carbonyl (C=O) groups is 3. The fourth-order valence-electron chi connectivity index (χ4n) is 4.47. The minimum atomic E-state index is -0.891. The molecular formula is C24H26FN3O4. The Hall–Kier alpha value is -3.42. The number of ether oxygens (including phenoxy) is 1. The van der Waals surface area contributed by atoms with E-state index < -0.39 is 29.7 Å². The molecule has 1 saturated heterocycles. The van der Waals surface area contributed by atoms with Crippen molar-refractivity contribution in [3.05, 3.63) is 54.3 Å². The van der Waals surface area contributed by atoms with Crippen LogP contribution in [0.15, 0.2) is 48.5 Å². The minimum Gasteiger partial charge on any atom is -0.497 e. The molecular weight excluding hydrogens is 413 g/mol. The number of anilines is 2. The zero-order valence-electron chi connectivity index (χ0n) is 17.9. The van der Waals surface area contributed by atoms with Gasteiger partial charge in [0.2, 0.25) is 5.91 Å². The quantitative estimate of drug-likeness (QED) is 0.680. The second kappa shape index (κ2) is 9.38. The summed E-state index contributed by atoms with van der Waals surface area (Å²) in [6, 6.07) is 10.8. The number of methoxy groups -OCH3 is 1. The molecule has 0 bridgehead atoms. The summed E-state index contributed by atoms with van der Waals surface area (Å²) in [7, 11) is 1.52. The van der Waals surface area contributed by atoms with E-state index in [-0.39, 0.29) is 12.5 Å². The number of urea groups is 1. The molecule has 4 rings (SSSR count). The zero-order valence-corrected chi connectivity index (χ0v) is 17.9. The Morgan fingerprint density at radius 3 is 2.50 bits per heavy atom. The summed E-state index contributed by atoms with van der Waals surface area (Å²) >= 11 is 0. The van der Waals surface area contributed by atoms with Crippen LogP contribution in [0.1, 0.15) is 38.5 Å². The van der Waals surface area contributed by atoms with Gasteiger partial charge in [-0.2, -0.15) is 0 Å². The second-order valence-electron chi connectivity index (χ2n) is 8.13. The molecule has 8 heteroatoms. The molecule has 2 aliphatic rings. The Labute approximate surface area is 186 Å². The number of benzene rings is 2. The lowest BCUT2D eigenvalue weighted by Crippen LogP contribution is -2.45. The normalized spacial score (nSPS) is 19.4. The minimum absolute atomic E-state index is 0.0839. The zero-order chi connectivity index (χ0) is 22.7. The Balaban J connectivity index is 1.59. The van der Waals surface area contributed by atoms with E-state index in [0.717, 1.165) is 37.0 Å². The van der Waals surface area contributed by atoms with Crippen LogP contribution in [0.25, 0.3) is 0 Å². The van der Waals surface area contributed by atoms with E-state index in [9.17, 15) is 18.8 Å². The number of amides is 4. The van der Waals surface area contributed by atoms with Crippen molar-refractivity contribution < 1.29 is 23.5 Å². The van der Waals surface area contributed by atoms with Gasteiger partial charge in [-0.15, -0.1) is 0 Å². The molecule has 0 radical (unpaired) electrons. The lowest BCUT2D eigenvalue weighted by molar-refractivity contribution is -0.125.